The molecule has 3 aromatic rings. The molecule has 0 radical (unpaired) electrons. The number of nitrogens with two attached hydrogens (primary N) is 1. The molecule has 2 aliphatic heterocycles. The van der Waals surface area contributed by atoms with Gasteiger partial charge < -0.3 is 15.5 Å². The normalized spacial score (nSPS) is 17.9. The second-order valence-electron chi connectivity index (χ2n) is 8.78. The van der Waals surface area contributed by atoms with Gasteiger partial charge >= 0.3 is 0 Å². The summed E-state index contributed by atoms with van der Waals surface area (Å²) in [6, 6.07) is 5.08. The third-order valence-electron chi connectivity index (χ3n) is 6.62. The number of anilines is 1. The first kappa shape index (κ1) is 23.5. The molecule has 36 heavy (non-hydrogen) atoms. The van der Waals surface area contributed by atoms with Gasteiger partial charge in [0, 0.05) is 32.8 Å². The van der Waals surface area contributed by atoms with E-state index < -0.39 is 17.7 Å². The summed E-state index contributed by atoms with van der Waals surface area (Å²) in [4.78, 5) is 32.6. The lowest BCUT2D eigenvalue weighted by molar-refractivity contribution is -0.142. The number of carbonyl (C=O) groups is 2. The summed E-state index contributed by atoms with van der Waals surface area (Å²) in [5.41, 5.74) is 8.02. The van der Waals surface area contributed by atoms with Crippen molar-refractivity contribution in [1.82, 2.24) is 35.0 Å². The number of tetrazole rings is 1. The van der Waals surface area contributed by atoms with Crippen molar-refractivity contribution in [2.24, 2.45) is 0 Å². The summed E-state index contributed by atoms with van der Waals surface area (Å²) in [5.74, 6) is -1.98. The highest BCUT2D eigenvalue weighted by Crippen LogP contribution is 2.31. The molecule has 0 aliphatic carbocycles. The van der Waals surface area contributed by atoms with Gasteiger partial charge in [0.15, 0.2) is 17.5 Å². The first-order valence-corrected chi connectivity index (χ1v) is 11.6. The van der Waals surface area contributed by atoms with Gasteiger partial charge in [0.2, 0.25) is 11.8 Å². The van der Waals surface area contributed by atoms with Crippen LogP contribution >= 0.6 is 0 Å². The van der Waals surface area contributed by atoms with Crippen molar-refractivity contribution >= 4 is 23.2 Å². The molecule has 5 rings (SSSR count). The van der Waals surface area contributed by atoms with E-state index in [2.05, 4.69) is 20.5 Å². The predicted octanol–water partition coefficient (Wildman–Crippen LogP) is 2.21. The first-order valence-electron chi connectivity index (χ1n) is 11.6. The van der Waals surface area contributed by atoms with E-state index in [9.17, 15) is 18.4 Å². The molecule has 2 aromatic heterocycles. The summed E-state index contributed by atoms with van der Waals surface area (Å²) >= 11 is 0. The molecular formula is C24H24F2N8O2. The molecule has 0 unspecified atom stereocenters. The first-order chi connectivity index (χ1) is 17.3. The topological polar surface area (TPSA) is 123 Å². The van der Waals surface area contributed by atoms with Gasteiger partial charge in [-0.05, 0) is 59.0 Å². The SMILES string of the molecule is CC(=O)N1CCC[C@@H]1C(=O)N1CC=C(c2cnc(N)c(-c3nnnn3-c3cccc(F)c3F)c2)CC1. The number of benzene rings is 1. The van der Waals surface area contributed by atoms with Gasteiger partial charge in [-0.2, -0.15) is 4.68 Å². The number of hydrogen-bond acceptors (Lipinski definition) is 7. The third-order valence-corrected chi connectivity index (χ3v) is 6.62. The summed E-state index contributed by atoms with van der Waals surface area (Å²) in [5, 5.41) is 11.4. The molecule has 2 amide bonds. The van der Waals surface area contributed by atoms with E-state index in [1.807, 2.05) is 6.08 Å². The quantitative estimate of drug-likeness (QED) is 0.590. The highest BCUT2D eigenvalue weighted by atomic mass is 19.2. The van der Waals surface area contributed by atoms with E-state index >= 15 is 0 Å². The Kier molecular flexibility index (Phi) is 6.17. The molecule has 0 saturated carbocycles. The Hall–Kier alpha value is -4.22. The maximum Gasteiger partial charge on any atom is 0.245 e. The number of carbonyl (C=O) groups excluding carboxylic acids is 2. The van der Waals surface area contributed by atoms with Crippen LogP contribution in [0.15, 0.2) is 36.5 Å². The fourth-order valence-corrected chi connectivity index (χ4v) is 4.75. The molecule has 1 saturated heterocycles. The standard InChI is InChI=1S/C24H24F2N8O2/c1-14(35)33-9-3-6-20(33)24(36)32-10-7-15(8-11-32)16-12-17(22(27)28-13-16)23-29-30-31-34(23)19-5-2-4-18(25)21(19)26/h2,4-5,7,12-13,20H,3,6,8-11H2,1H3,(H2,27,28)/t20-/m1/s1. The molecule has 10 nitrogen and oxygen atoms in total. The molecule has 2 N–H and O–H groups in total. The highest BCUT2D eigenvalue weighted by molar-refractivity contribution is 5.88. The van der Waals surface area contributed by atoms with Crippen LogP contribution in [-0.2, 0) is 9.59 Å². The maximum atomic E-state index is 14.4. The van der Waals surface area contributed by atoms with Crippen LogP contribution in [0.4, 0.5) is 14.6 Å². The van der Waals surface area contributed by atoms with Gasteiger partial charge in [-0.25, -0.2) is 13.8 Å². The van der Waals surface area contributed by atoms with Crippen LogP contribution < -0.4 is 5.73 Å². The van der Waals surface area contributed by atoms with Crippen LogP contribution in [0.3, 0.4) is 0 Å². The molecule has 12 heteroatoms. The number of aromatic nitrogens is 5. The van der Waals surface area contributed by atoms with Crippen molar-refractivity contribution in [1.29, 1.82) is 0 Å². The zero-order valence-corrected chi connectivity index (χ0v) is 19.6. The van der Waals surface area contributed by atoms with E-state index in [-0.39, 0.29) is 29.1 Å². The number of amides is 2. The van der Waals surface area contributed by atoms with E-state index in [0.29, 0.717) is 38.0 Å². The summed E-state index contributed by atoms with van der Waals surface area (Å²) in [7, 11) is 0. The molecule has 186 valence electrons. The van der Waals surface area contributed by atoms with Gasteiger partial charge in [0.25, 0.3) is 0 Å². The number of nitrogens with zero attached hydrogens (tertiary/aromatic N) is 7. The maximum absolute atomic E-state index is 14.4. The zero-order chi connectivity index (χ0) is 25.4. The lowest BCUT2D eigenvalue weighted by Gasteiger charge is -2.32. The minimum Gasteiger partial charge on any atom is -0.383 e. The van der Waals surface area contributed by atoms with Gasteiger partial charge in [-0.3, -0.25) is 9.59 Å². The Labute approximate surface area is 205 Å². The average molecular weight is 495 g/mol. The van der Waals surface area contributed by atoms with Crippen LogP contribution in [0.5, 0.6) is 0 Å². The van der Waals surface area contributed by atoms with E-state index in [1.165, 1.54) is 19.1 Å². The van der Waals surface area contributed by atoms with Crippen LogP contribution in [0.2, 0.25) is 0 Å². The monoisotopic (exact) mass is 494 g/mol. The zero-order valence-electron chi connectivity index (χ0n) is 19.6. The van der Waals surface area contributed by atoms with E-state index in [1.54, 1.807) is 22.1 Å². The smallest absolute Gasteiger partial charge is 0.245 e. The Balaban J connectivity index is 1.40. The molecular weight excluding hydrogens is 470 g/mol. The lowest BCUT2D eigenvalue weighted by Crippen LogP contribution is -2.48. The van der Waals surface area contributed by atoms with Crippen molar-refractivity contribution in [3.05, 3.63) is 53.7 Å². The van der Waals surface area contributed by atoms with Gasteiger partial charge in [0.1, 0.15) is 17.5 Å². The van der Waals surface area contributed by atoms with Crippen molar-refractivity contribution < 1.29 is 18.4 Å². The molecule has 0 spiro atoms. The van der Waals surface area contributed by atoms with E-state index in [4.69, 9.17) is 5.73 Å². The Morgan fingerprint density at radius 3 is 2.78 bits per heavy atom. The van der Waals surface area contributed by atoms with Crippen LogP contribution in [0, 0.1) is 11.6 Å². The predicted molar refractivity (Wildman–Crippen MR) is 126 cm³/mol. The molecule has 1 fully saturated rings. The average Bonchev–Trinajstić information content (AvgIpc) is 3.56. The van der Waals surface area contributed by atoms with Gasteiger partial charge in [0.05, 0.1) is 5.56 Å². The molecule has 0 bridgehead atoms. The number of likely N-dealkylation sites (tertiary alicyclic amines) is 1. The van der Waals surface area contributed by atoms with Crippen LogP contribution in [0.25, 0.3) is 22.6 Å². The molecule has 2 aliphatic rings. The lowest BCUT2D eigenvalue weighted by atomic mass is 9.98. The minimum absolute atomic E-state index is 0.0367. The largest absolute Gasteiger partial charge is 0.383 e. The van der Waals surface area contributed by atoms with E-state index in [0.717, 1.165) is 28.3 Å². The number of rotatable bonds is 4. The second-order valence-corrected chi connectivity index (χ2v) is 8.78. The summed E-state index contributed by atoms with van der Waals surface area (Å²) in [6.07, 6.45) is 5.64. The van der Waals surface area contributed by atoms with Crippen molar-refractivity contribution in [2.45, 2.75) is 32.2 Å². The highest BCUT2D eigenvalue weighted by Gasteiger charge is 2.35. The Morgan fingerprint density at radius 2 is 2.03 bits per heavy atom. The number of hydrogen-bond donors (Lipinski definition) is 1. The molecule has 1 aromatic carbocycles. The molecule has 4 heterocycles. The van der Waals surface area contributed by atoms with Crippen molar-refractivity contribution in [2.75, 3.05) is 25.4 Å². The van der Waals surface area contributed by atoms with Crippen molar-refractivity contribution in [3.8, 4) is 17.1 Å². The van der Waals surface area contributed by atoms with Crippen LogP contribution in [-0.4, -0.2) is 72.5 Å². The Bertz CT molecular complexity index is 1370. The molecule has 1 atom stereocenters. The summed E-state index contributed by atoms with van der Waals surface area (Å²) in [6.45, 7) is 3.01. The number of pyridine rings is 1. The number of nitrogen functional groups attached to an aromatic ring is 1. The summed E-state index contributed by atoms with van der Waals surface area (Å²) < 4.78 is 29.3. The van der Waals surface area contributed by atoms with Gasteiger partial charge in [-0.1, -0.05) is 12.1 Å². The number of halogens is 2. The van der Waals surface area contributed by atoms with Crippen LogP contribution in [0.1, 0.15) is 31.7 Å². The van der Waals surface area contributed by atoms with Gasteiger partial charge in [-0.15, -0.1) is 5.10 Å². The fourth-order valence-electron chi connectivity index (χ4n) is 4.75. The third kappa shape index (κ3) is 4.18. The van der Waals surface area contributed by atoms with Crippen molar-refractivity contribution in [3.63, 3.8) is 0 Å². The second kappa shape index (κ2) is 9.44. The minimum atomic E-state index is -1.08. The fraction of sp³-hybridized carbons (Fsp3) is 0.333. The Morgan fingerprint density at radius 1 is 1.19 bits per heavy atom.